The van der Waals surface area contributed by atoms with E-state index in [-0.39, 0.29) is 0 Å². The van der Waals surface area contributed by atoms with Gasteiger partial charge >= 0.3 is 0 Å². The molecule has 0 radical (unpaired) electrons. The van der Waals surface area contributed by atoms with Gasteiger partial charge < -0.3 is 10.3 Å². The van der Waals surface area contributed by atoms with E-state index in [1.165, 1.54) is 18.5 Å². The first-order chi connectivity index (χ1) is 7.18. The Morgan fingerprint density at radius 3 is 2.60 bits per heavy atom. The van der Waals surface area contributed by atoms with Gasteiger partial charge in [0.05, 0.1) is 6.33 Å². The van der Waals surface area contributed by atoms with Gasteiger partial charge in [-0.15, -0.1) is 0 Å². The molecule has 0 atom stereocenters. The van der Waals surface area contributed by atoms with Crippen molar-refractivity contribution in [2.45, 2.75) is 57.5 Å². The molecule has 1 fully saturated rings. The quantitative estimate of drug-likeness (QED) is 0.809. The molecule has 0 unspecified atom stereocenters. The van der Waals surface area contributed by atoms with Gasteiger partial charge in [-0.25, -0.2) is 4.98 Å². The Hall–Kier alpha value is -0.830. The van der Waals surface area contributed by atoms with Crippen LogP contribution in [0.25, 0.3) is 0 Å². The van der Waals surface area contributed by atoms with Crippen LogP contribution in [0.2, 0.25) is 0 Å². The molecular formula is C12H21N3. The summed E-state index contributed by atoms with van der Waals surface area (Å²) in [5.74, 6) is 0.558. The highest BCUT2D eigenvalue weighted by Crippen LogP contribution is 2.30. The zero-order valence-electron chi connectivity index (χ0n) is 9.69. The highest BCUT2D eigenvalue weighted by Gasteiger charge is 2.21. The highest BCUT2D eigenvalue weighted by atomic mass is 15.1. The summed E-state index contributed by atoms with van der Waals surface area (Å²) in [4.78, 5) is 4.27. The fourth-order valence-corrected chi connectivity index (χ4v) is 2.45. The fourth-order valence-electron chi connectivity index (χ4n) is 2.45. The molecule has 0 spiro atoms. The monoisotopic (exact) mass is 207 g/mol. The largest absolute Gasteiger partial charge is 0.331 e. The van der Waals surface area contributed by atoms with Crippen LogP contribution in [-0.2, 0) is 0 Å². The minimum absolute atomic E-state index is 0.423. The number of hydrogen-bond acceptors (Lipinski definition) is 2. The van der Waals surface area contributed by atoms with Crippen molar-refractivity contribution in [3.05, 3.63) is 18.2 Å². The zero-order valence-corrected chi connectivity index (χ0v) is 9.69. The number of nitrogens with two attached hydrogens (primary N) is 1. The molecule has 0 aromatic carbocycles. The predicted octanol–water partition coefficient (Wildman–Crippen LogP) is 2.45. The van der Waals surface area contributed by atoms with Gasteiger partial charge in [0, 0.05) is 24.0 Å². The number of nitrogens with zero attached hydrogens (tertiary/aromatic N) is 2. The van der Waals surface area contributed by atoms with Crippen molar-refractivity contribution in [2.24, 2.45) is 5.73 Å². The molecule has 0 saturated heterocycles. The van der Waals surface area contributed by atoms with E-state index < -0.39 is 0 Å². The van der Waals surface area contributed by atoms with E-state index in [1.54, 1.807) is 0 Å². The molecule has 1 aromatic rings. The molecule has 15 heavy (non-hydrogen) atoms. The summed E-state index contributed by atoms with van der Waals surface area (Å²) in [5, 5.41) is 0. The standard InChI is InChI=1S/C12H21N3/c1-9(2)12-7-14-8-15(12)11-5-3-10(13)4-6-11/h7-11H,3-6,13H2,1-2H3. The van der Waals surface area contributed by atoms with Crippen LogP contribution in [0.5, 0.6) is 0 Å². The molecule has 1 aromatic heterocycles. The molecule has 1 aliphatic carbocycles. The third-order valence-electron chi connectivity index (χ3n) is 3.42. The maximum atomic E-state index is 5.92. The van der Waals surface area contributed by atoms with E-state index in [4.69, 9.17) is 5.73 Å². The van der Waals surface area contributed by atoms with Gasteiger partial charge in [0.2, 0.25) is 0 Å². The number of rotatable bonds is 2. The summed E-state index contributed by atoms with van der Waals surface area (Å²) >= 11 is 0. The Labute approximate surface area is 91.7 Å². The van der Waals surface area contributed by atoms with Crippen LogP contribution in [0, 0.1) is 0 Å². The van der Waals surface area contributed by atoms with E-state index in [1.807, 2.05) is 12.5 Å². The Morgan fingerprint density at radius 2 is 2.00 bits per heavy atom. The fraction of sp³-hybridized carbons (Fsp3) is 0.750. The van der Waals surface area contributed by atoms with Crippen LogP contribution in [0.4, 0.5) is 0 Å². The Kier molecular flexibility index (Phi) is 3.10. The van der Waals surface area contributed by atoms with Crippen LogP contribution >= 0.6 is 0 Å². The van der Waals surface area contributed by atoms with Crippen molar-refractivity contribution in [2.75, 3.05) is 0 Å². The second kappa shape index (κ2) is 4.35. The van der Waals surface area contributed by atoms with Crippen molar-refractivity contribution < 1.29 is 0 Å². The van der Waals surface area contributed by atoms with E-state index in [0.717, 1.165) is 12.8 Å². The second-order valence-electron chi connectivity index (χ2n) is 4.95. The smallest absolute Gasteiger partial charge is 0.0950 e. The van der Waals surface area contributed by atoms with E-state index in [2.05, 4.69) is 23.4 Å². The summed E-state index contributed by atoms with van der Waals surface area (Å²) in [6.07, 6.45) is 8.70. The number of aromatic nitrogens is 2. The molecule has 0 aliphatic heterocycles. The van der Waals surface area contributed by atoms with E-state index >= 15 is 0 Å². The van der Waals surface area contributed by atoms with Crippen molar-refractivity contribution in [3.8, 4) is 0 Å². The Morgan fingerprint density at radius 1 is 1.33 bits per heavy atom. The van der Waals surface area contributed by atoms with Crippen molar-refractivity contribution in [3.63, 3.8) is 0 Å². The molecule has 1 aliphatic rings. The SMILES string of the molecule is CC(C)c1cncn1C1CCC(N)CC1. The minimum Gasteiger partial charge on any atom is -0.331 e. The molecule has 2 rings (SSSR count). The lowest BCUT2D eigenvalue weighted by Gasteiger charge is -2.29. The molecular weight excluding hydrogens is 186 g/mol. The lowest BCUT2D eigenvalue weighted by Crippen LogP contribution is -2.28. The Balaban J connectivity index is 2.12. The molecule has 3 heteroatoms. The van der Waals surface area contributed by atoms with Crippen LogP contribution in [0.3, 0.4) is 0 Å². The van der Waals surface area contributed by atoms with Gasteiger partial charge in [0.15, 0.2) is 0 Å². The third-order valence-corrected chi connectivity index (χ3v) is 3.42. The summed E-state index contributed by atoms with van der Waals surface area (Å²) in [6, 6.07) is 1.05. The molecule has 0 amide bonds. The number of imidazole rings is 1. The first kappa shape index (κ1) is 10.7. The molecule has 1 saturated carbocycles. The molecule has 2 N–H and O–H groups in total. The first-order valence-electron chi connectivity index (χ1n) is 5.95. The summed E-state index contributed by atoms with van der Waals surface area (Å²) < 4.78 is 2.36. The summed E-state index contributed by atoms with van der Waals surface area (Å²) in [7, 11) is 0. The molecule has 0 bridgehead atoms. The maximum Gasteiger partial charge on any atom is 0.0950 e. The van der Waals surface area contributed by atoms with Crippen LogP contribution in [0.15, 0.2) is 12.5 Å². The molecule has 1 heterocycles. The zero-order chi connectivity index (χ0) is 10.8. The number of hydrogen-bond donors (Lipinski definition) is 1. The van der Waals surface area contributed by atoms with Crippen molar-refractivity contribution in [1.82, 2.24) is 9.55 Å². The summed E-state index contributed by atoms with van der Waals surface area (Å²) in [6.45, 7) is 4.45. The highest BCUT2D eigenvalue weighted by molar-refractivity contribution is 5.05. The summed E-state index contributed by atoms with van der Waals surface area (Å²) in [5.41, 5.74) is 7.28. The lowest BCUT2D eigenvalue weighted by atomic mass is 9.91. The van der Waals surface area contributed by atoms with Crippen molar-refractivity contribution in [1.29, 1.82) is 0 Å². The van der Waals surface area contributed by atoms with Gasteiger partial charge in [0.25, 0.3) is 0 Å². The normalized spacial score (nSPS) is 27.2. The first-order valence-corrected chi connectivity index (χ1v) is 5.95. The van der Waals surface area contributed by atoms with Gasteiger partial charge in [-0.05, 0) is 31.6 Å². The Bertz CT molecular complexity index is 308. The second-order valence-corrected chi connectivity index (χ2v) is 4.95. The van der Waals surface area contributed by atoms with Gasteiger partial charge in [-0.2, -0.15) is 0 Å². The lowest BCUT2D eigenvalue weighted by molar-refractivity contribution is 0.316. The van der Waals surface area contributed by atoms with Crippen LogP contribution in [0.1, 0.15) is 57.2 Å². The average Bonchev–Trinajstić information content (AvgIpc) is 2.67. The van der Waals surface area contributed by atoms with Gasteiger partial charge in [-0.3, -0.25) is 0 Å². The van der Waals surface area contributed by atoms with Crippen molar-refractivity contribution >= 4 is 0 Å². The predicted molar refractivity (Wildman–Crippen MR) is 61.8 cm³/mol. The van der Waals surface area contributed by atoms with Gasteiger partial charge in [-0.1, -0.05) is 13.8 Å². The third kappa shape index (κ3) is 2.23. The molecule has 3 nitrogen and oxygen atoms in total. The maximum absolute atomic E-state index is 5.92. The van der Waals surface area contributed by atoms with Crippen LogP contribution in [-0.4, -0.2) is 15.6 Å². The van der Waals surface area contributed by atoms with E-state index in [0.29, 0.717) is 18.0 Å². The average molecular weight is 207 g/mol. The molecule has 84 valence electrons. The van der Waals surface area contributed by atoms with Crippen LogP contribution < -0.4 is 5.73 Å². The van der Waals surface area contributed by atoms with Gasteiger partial charge in [0.1, 0.15) is 0 Å². The minimum atomic E-state index is 0.423. The van der Waals surface area contributed by atoms with E-state index in [9.17, 15) is 0 Å². The topological polar surface area (TPSA) is 43.8 Å².